The van der Waals surface area contributed by atoms with E-state index < -0.39 is 40.4 Å². The lowest BCUT2D eigenvalue weighted by molar-refractivity contribution is 0.214. The van der Waals surface area contributed by atoms with Gasteiger partial charge in [0.05, 0.1) is 18.5 Å². The maximum Gasteiger partial charge on any atom is 0.235 e. The molecule has 0 aliphatic rings. The van der Waals surface area contributed by atoms with Gasteiger partial charge in [0.15, 0.2) is 0 Å². The molecule has 0 saturated heterocycles. The van der Waals surface area contributed by atoms with E-state index >= 15 is 0 Å². The Kier molecular flexibility index (Phi) is 11.1. The Morgan fingerprint density at radius 3 is 1.21 bits per heavy atom. The van der Waals surface area contributed by atoms with Gasteiger partial charge >= 0.3 is 0 Å². The zero-order chi connectivity index (χ0) is 21.6. The van der Waals surface area contributed by atoms with Crippen LogP contribution in [0.5, 0.6) is 0 Å². The van der Waals surface area contributed by atoms with E-state index in [0.29, 0.717) is 5.69 Å². The molecule has 0 bridgehead atoms. The first-order chi connectivity index (χ1) is 14.1. The van der Waals surface area contributed by atoms with Crippen molar-refractivity contribution in [1.82, 2.24) is 30.4 Å². The lowest BCUT2D eigenvalue weighted by atomic mass is 10.5. The molecule has 16 heteroatoms. The third kappa shape index (κ3) is 7.23. The number of anilines is 3. The molecular weight excluding hydrogens is 394 g/mol. The molecule has 0 fully saturated rings. The SMILES string of the molecule is OCN(CO)c1nc(N(CO)CO)nc(N(CO)CO)n1.OCc1ccnnn1. The molecule has 2 heterocycles. The fourth-order valence-electron chi connectivity index (χ4n) is 1.63. The van der Waals surface area contributed by atoms with Crippen LogP contribution in [0.2, 0.25) is 0 Å². The Morgan fingerprint density at radius 1 is 0.621 bits per heavy atom. The second-order valence-electron chi connectivity index (χ2n) is 4.97. The molecule has 2 aromatic rings. The van der Waals surface area contributed by atoms with Crippen molar-refractivity contribution >= 4 is 17.8 Å². The topological polar surface area (TPSA) is 229 Å². The van der Waals surface area contributed by atoms with Crippen LogP contribution in [-0.2, 0) is 6.61 Å². The van der Waals surface area contributed by atoms with Gasteiger partial charge in [-0.2, -0.15) is 15.0 Å². The van der Waals surface area contributed by atoms with Crippen molar-refractivity contribution in [3.05, 3.63) is 18.0 Å². The van der Waals surface area contributed by atoms with Crippen LogP contribution < -0.4 is 14.7 Å². The Morgan fingerprint density at radius 2 is 1.00 bits per heavy atom. The molecule has 2 rings (SSSR count). The molecule has 0 aromatic carbocycles. The van der Waals surface area contributed by atoms with Crippen LogP contribution in [0, 0.1) is 0 Å². The predicted molar refractivity (Wildman–Crippen MR) is 95.5 cm³/mol. The summed E-state index contributed by atoms with van der Waals surface area (Å²) >= 11 is 0. The molecular formula is C13H23N9O7. The summed E-state index contributed by atoms with van der Waals surface area (Å²) in [7, 11) is 0. The van der Waals surface area contributed by atoms with Crippen LogP contribution >= 0.6 is 0 Å². The van der Waals surface area contributed by atoms with Crippen LogP contribution in [-0.4, -0.2) is 106 Å². The van der Waals surface area contributed by atoms with E-state index in [4.69, 9.17) is 35.7 Å². The molecule has 0 aliphatic heterocycles. The van der Waals surface area contributed by atoms with E-state index in [9.17, 15) is 0 Å². The zero-order valence-corrected chi connectivity index (χ0v) is 15.3. The fourth-order valence-corrected chi connectivity index (χ4v) is 1.63. The van der Waals surface area contributed by atoms with Crippen molar-refractivity contribution in [3.8, 4) is 0 Å². The highest BCUT2D eigenvalue weighted by Crippen LogP contribution is 2.18. The molecule has 162 valence electrons. The quantitative estimate of drug-likeness (QED) is 0.180. The van der Waals surface area contributed by atoms with Crippen molar-refractivity contribution in [2.45, 2.75) is 6.61 Å². The Hall–Kier alpha value is -2.86. The predicted octanol–water partition coefficient (Wildman–Crippen LogP) is -4.65. The second kappa shape index (κ2) is 13.3. The van der Waals surface area contributed by atoms with E-state index in [1.807, 2.05) is 0 Å². The summed E-state index contributed by atoms with van der Waals surface area (Å²) in [6.45, 7) is -3.68. The number of aromatic nitrogens is 6. The summed E-state index contributed by atoms with van der Waals surface area (Å²) in [4.78, 5) is 14.5. The number of aliphatic hydroxyl groups is 7. The van der Waals surface area contributed by atoms with Gasteiger partial charge in [0.25, 0.3) is 0 Å². The first-order valence-corrected chi connectivity index (χ1v) is 7.98. The van der Waals surface area contributed by atoms with Gasteiger partial charge in [0.1, 0.15) is 40.4 Å². The Balaban J connectivity index is 0.000000436. The minimum atomic E-state index is -0.601. The Bertz CT molecular complexity index is 613. The summed E-state index contributed by atoms with van der Waals surface area (Å²) in [5.41, 5.74) is 0.542. The maximum absolute atomic E-state index is 9.11. The summed E-state index contributed by atoms with van der Waals surface area (Å²) in [5.74, 6) is -0.503. The van der Waals surface area contributed by atoms with Gasteiger partial charge in [-0.1, -0.05) is 0 Å². The summed E-state index contributed by atoms with van der Waals surface area (Å²) in [6.07, 6.45) is 1.48. The summed E-state index contributed by atoms with van der Waals surface area (Å²) in [6, 6.07) is 1.60. The molecule has 0 spiro atoms. The first kappa shape index (κ1) is 24.2. The molecule has 0 atom stereocenters. The van der Waals surface area contributed by atoms with E-state index in [1.165, 1.54) is 6.20 Å². The van der Waals surface area contributed by atoms with Crippen LogP contribution in [0.1, 0.15) is 5.69 Å². The van der Waals surface area contributed by atoms with Crippen LogP contribution in [0.25, 0.3) is 0 Å². The average molecular weight is 417 g/mol. The number of hydrogen-bond acceptors (Lipinski definition) is 16. The fraction of sp³-hybridized carbons (Fsp3) is 0.538. The molecule has 0 amide bonds. The van der Waals surface area contributed by atoms with E-state index in [-0.39, 0.29) is 24.5 Å². The standard InChI is InChI=1S/C9H18N6O6.C4H5N3O/c16-1-13(2-17)7-10-8(14(3-18)4-19)12-9(11-7)15(5-20)6-21;8-3-4-1-2-5-7-6-4/h16-21H,1-6H2;1-2,8H,3H2. The molecule has 2 aromatic heterocycles. The molecule has 0 saturated carbocycles. The Labute approximate surface area is 164 Å². The van der Waals surface area contributed by atoms with E-state index in [1.54, 1.807) is 6.07 Å². The van der Waals surface area contributed by atoms with Crippen molar-refractivity contribution in [1.29, 1.82) is 0 Å². The molecule has 0 aliphatic carbocycles. The largest absolute Gasteiger partial charge is 0.390 e. The number of nitrogens with zero attached hydrogens (tertiary/aromatic N) is 9. The van der Waals surface area contributed by atoms with Crippen LogP contribution in [0.15, 0.2) is 12.3 Å². The molecule has 29 heavy (non-hydrogen) atoms. The number of aliphatic hydroxyl groups excluding tert-OH is 7. The van der Waals surface area contributed by atoms with Gasteiger partial charge in [-0.25, -0.2) is 0 Å². The van der Waals surface area contributed by atoms with Gasteiger partial charge in [-0.05, 0) is 11.3 Å². The van der Waals surface area contributed by atoms with Crippen molar-refractivity contribution < 1.29 is 35.7 Å². The summed E-state index contributed by atoms with van der Waals surface area (Å²) in [5, 5.41) is 73.3. The summed E-state index contributed by atoms with van der Waals surface area (Å²) < 4.78 is 0. The van der Waals surface area contributed by atoms with Crippen molar-refractivity contribution in [2.75, 3.05) is 55.1 Å². The molecule has 0 radical (unpaired) electrons. The van der Waals surface area contributed by atoms with Crippen LogP contribution in [0.4, 0.5) is 17.8 Å². The highest BCUT2D eigenvalue weighted by Gasteiger charge is 2.18. The van der Waals surface area contributed by atoms with Gasteiger partial charge in [0.2, 0.25) is 17.8 Å². The smallest absolute Gasteiger partial charge is 0.235 e. The lowest BCUT2D eigenvalue weighted by Gasteiger charge is -2.24. The third-order valence-corrected chi connectivity index (χ3v) is 3.19. The molecule has 16 nitrogen and oxygen atoms in total. The number of hydrogen-bond donors (Lipinski definition) is 7. The van der Waals surface area contributed by atoms with Crippen molar-refractivity contribution in [3.63, 3.8) is 0 Å². The maximum atomic E-state index is 9.11. The van der Waals surface area contributed by atoms with Gasteiger partial charge in [-0.15, -0.1) is 10.2 Å². The van der Waals surface area contributed by atoms with Crippen molar-refractivity contribution in [2.24, 2.45) is 0 Å². The zero-order valence-electron chi connectivity index (χ0n) is 15.3. The molecule has 0 unspecified atom stereocenters. The molecule has 7 N–H and O–H groups in total. The highest BCUT2D eigenvalue weighted by molar-refractivity contribution is 5.45. The minimum Gasteiger partial charge on any atom is -0.390 e. The second-order valence-corrected chi connectivity index (χ2v) is 4.97. The van der Waals surface area contributed by atoms with Gasteiger partial charge in [-0.3, -0.25) is 14.7 Å². The van der Waals surface area contributed by atoms with Crippen LogP contribution in [0.3, 0.4) is 0 Å². The number of rotatable bonds is 10. The van der Waals surface area contributed by atoms with E-state index in [2.05, 4.69) is 30.4 Å². The minimum absolute atomic E-state index is 0.0739. The highest BCUT2D eigenvalue weighted by atomic mass is 16.3. The van der Waals surface area contributed by atoms with Gasteiger partial charge < -0.3 is 35.7 Å². The van der Waals surface area contributed by atoms with E-state index in [0.717, 1.165) is 14.7 Å². The van der Waals surface area contributed by atoms with Gasteiger partial charge in [0, 0.05) is 0 Å². The lowest BCUT2D eigenvalue weighted by Crippen LogP contribution is -2.34. The first-order valence-electron chi connectivity index (χ1n) is 7.98. The average Bonchev–Trinajstić information content (AvgIpc) is 2.77. The third-order valence-electron chi connectivity index (χ3n) is 3.19. The normalized spacial score (nSPS) is 10.2. The monoisotopic (exact) mass is 417 g/mol.